The maximum atomic E-state index is 14.3. The highest BCUT2D eigenvalue weighted by molar-refractivity contribution is 7.89. The number of carbonyl (C=O) groups is 1. The average Bonchev–Trinajstić information content (AvgIpc) is 3.25. The van der Waals surface area contributed by atoms with Gasteiger partial charge in [-0.3, -0.25) is 4.79 Å². The molecular formula is C22H25FN6O4S. The van der Waals surface area contributed by atoms with Crippen molar-refractivity contribution in [2.24, 2.45) is 0 Å². The number of tetrazole rings is 1. The lowest BCUT2D eigenvalue weighted by Gasteiger charge is -2.32. The number of amides is 1. The second-order valence-corrected chi connectivity index (χ2v) is 9.94. The fourth-order valence-electron chi connectivity index (χ4n) is 3.98. The van der Waals surface area contributed by atoms with E-state index in [-0.39, 0.29) is 27.9 Å². The summed E-state index contributed by atoms with van der Waals surface area (Å²) in [6.45, 7) is 3.91. The first-order valence-electron chi connectivity index (χ1n) is 10.8. The molecule has 0 radical (unpaired) electrons. The molecule has 1 aliphatic heterocycles. The third-order valence-corrected chi connectivity index (χ3v) is 7.85. The van der Waals surface area contributed by atoms with Gasteiger partial charge in [0.1, 0.15) is 22.1 Å². The summed E-state index contributed by atoms with van der Waals surface area (Å²) in [6, 6.07) is 8.07. The molecule has 0 spiro atoms. The molecule has 4 rings (SSSR count). The number of hydrogen-bond donors (Lipinski definition) is 1. The third kappa shape index (κ3) is 4.50. The molecule has 0 aliphatic carbocycles. The first-order valence-corrected chi connectivity index (χ1v) is 12.2. The highest BCUT2D eigenvalue weighted by Crippen LogP contribution is 2.32. The average molecular weight is 489 g/mol. The summed E-state index contributed by atoms with van der Waals surface area (Å²) in [5.41, 5.74) is 0.479. The normalized spacial score (nSPS) is 16.9. The van der Waals surface area contributed by atoms with E-state index < -0.39 is 21.7 Å². The fraction of sp³-hybridized carbons (Fsp3) is 0.364. The van der Waals surface area contributed by atoms with Crippen molar-refractivity contribution >= 4 is 21.6 Å². The highest BCUT2D eigenvalue weighted by atomic mass is 32.2. The summed E-state index contributed by atoms with van der Waals surface area (Å²) < 4.78 is 49.1. The summed E-state index contributed by atoms with van der Waals surface area (Å²) in [5, 5.41) is 13.7. The van der Waals surface area contributed by atoms with Crippen LogP contribution in [0.1, 0.15) is 42.4 Å². The number of benzene rings is 2. The number of ether oxygens (including phenoxy) is 1. The standard InChI is InChI=1S/C22H25FN6O4S/c1-14-6-4-5-11-28(14)34(31,32)21-12-16(7-10-20(21)33-3)22(30)24-17-8-9-18(23)19(13-17)29-15(2)25-26-27-29/h7-10,12-14H,4-6,11H2,1-3H3,(H,24,30). The molecular weight excluding hydrogens is 463 g/mol. The van der Waals surface area contributed by atoms with Crippen molar-refractivity contribution in [2.75, 3.05) is 19.0 Å². The van der Waals surface area contributed by atoms with E-state index in [1.54, 1.807) is 6.92 Å². The number of nitrogens with zero attached hydrogens (tertiary/aromatic N) is 5. The number of piperidine rings is 1. The van der Waals surface area contributed by atoms with Crippen molar-refractivity contribution in [3.05, 3.63) is 53.6 Å². The van der Waals surface area contributed by atoms with Gasteiger partial charge in [0, 0.05) is 23.8 Å². The number of anilines is 1. The van der Waals surface area contributed by atoms with E-state index in [1.165, 1.54) is 52.5 Å². The lowest BCUT2D eigenvalue weighted by molar-refractivity contribution is 0.102. The van der Waals surface area contributed by atoms with Gasteiger partial charge in [-0.2, -0.15) is 8.99 Å². The molecule has 1 atom stereocenters. The molecule has 1 unspecified atom stereocenters. The minimum atomic E-state index is -3.88. The lowest BCUT2D eigenvalue weighted by atomic mass is 10.1. The Morgan fingerprint density at radius 3 is 2.68 bits per heavy atom. The zero-order chi connectivity index (χ0) is 24.5. The molecule has 1 aromatic heterocycles. The number of nitrogens with one attached hydrogen (secondary N) is 1. The molecule has 0 bridgehead atoms. The molecule has 1 fully saturated rings. The molecule has 2 heterocycles. The number of rotatable bonds is 6. The monoisotopic (exact) mass is 488 g/mol. The first-order chi connectivity index (χ1) is 16.2. The van der Waals surface area contributed by atoms with E-state index in [9.17, 15) is 17.6 Å². The number of halogens is 1. The van der Waals surface area contributed by atoms with Crippen LogP contribution >= 0.6 is 0 Å². The number of aryl methyl sites for hydroxylation is 1. The summed E-state index contributed by atoms with van der Waals surface area (Å²) in [6.07, 6.45) is 2.52. The maximum Gasteiger partial charge on any atom is 0.255 e. The molecule has 3 aromatic rings. The molecule has 12 heteroatoms. The van der Waals surface area contributed by atoms with Crippen molar-refractivity contribution < 1.29 is 22.3 Å². The Morgan fingerprint density at radius 2 is 2.00 bits per heavy atom. The van der Waals surface area contributed by atoms with E-state index in [0.29, 0.717) is 18.1 Å². The van der Waals surface area contributed by atoms with Gasteiger partial charge in [0.25, 0.3) is 5.91 Å². The molecule has 2 aromatic carbocycles. The van der Waals surface area contributed by atoms with Crippen LogP contribution < -0.4 is 10.1 Å². The zero-order valence-corrected chi connectivity index (χ0v) is 19.8. The fourth-order valence-corrected chi connectivity index (χ4v) is 5.87. The third-order valence-electron chi connectivity index (χ3n) is 5.81. The predicted octanol–water partition coefficient (Wildman–Crippen LogP) is 2.93. The van der Waals surface area contributed by atoms with Gasteiger partial charge >= 0.3 is 0 Å². The van der Waals surface area contributed by atoms with Crippen LogP contribution in [0.25, 0.3) is 5.69 Å². The Morgan fingerprint density at radius 1 is 1.21 bits per heavy atom. The molecule has 34 heavy (non-hydrogen) atoms. The van der Waals surface area contributed by atoms with Gasteiger partial charge in [0.2, 0.25) is 10.0 Å². The molecule has 180 valence electrons. The molecule has 1 amide bonds. The minimum absolute atomic E-state index is 0.0670. The van der Waals surface area contributed by atoms with Crippen LogP contribution in [0.3, 0.4) is 0 Å². The van der Waals surface area contributed by atoms with Crippen LogP contribution in [0.15, 0.2) is 41.3 Å². The Bertz CT molecular complexity index is 1330. The van der Waals surface area contributed by atoms with Crippen molar-refractivity contribution in [3.8, 4) is 11.4 Å². The minimum Gasteiger partial charge on any atom is -0.495 e. The Labute approximate surface area is 196 Å². The summed E-state index contributed by atoms with van der Waals surface area (Å²) in [5.74, 6) is -0.592. The Kier molecular flexibility index (Phi) is 6.62. The largest absolute Gasteiger partial charge is 0.495 e. The van der Waals surface area contributed by atoms with Gasteiger partial charge in [-0.1, -0.05) is 6.42 Å². The molecule has 10 nitrogen and oxygen atoms in total. The van der Waals surface area contributed by atoms with Gasteiger partial charge in [0.15, 0.2) is 5.82 Å². The number of aromatic nitrogens is 4. The SMILES string of the molecule is COc1ccc(C(=O)Nc2ccc(F)c(-n3nnnc3C)c2)cc1S(=O)(=O)N1CCCCC1C. The van der Waals surface area contributed by atoms with Crippen LogP contribution in [0.5, 0.6) is 5.75 Å². The number of carbonyl (C=O) groups excluding carboxylic acids is 1. The van der Waals surface area contributed by atoms with Crippen LogP contribution in [-0.4, -0.2) is 58.5 Å². The van der Waals surface area contributed by atoms with E-state index >= 15 is 0 Å². The van der Waals surface area contributed by atoms with Gasteiger partial charge < -0.3 is 10.1 Å². The molecule has 1 N–H and O–H groups in total. The van der Waals surface area contributed by atoms with Crippen molar-refractivity contribution in [1.82, 2.24) is 24.5 Å². The predicted molar refractivity (Wildman–Crippen MR) is 122 cm³/mol. The van der Waals surface area contributed by atoms with E-state index in [0.717, 1.165) is 19.3 Å². The second kappa shape index (κ2) is 9.47. The van der Waals surface area contributed by atoms with Crippen molar-refractivity contribution in [2.45, 2.75) is 44.0 Å². The van der Waals surface area contributed by atoms with Gasteiger partial charge in [-0.05, 0) is 73.5 Å². The van der Waals surface area contributed by atoms with E-state index in [4.69, 9.17) is 4.74 Å². The molecule has 1 saturated heterocycles. The summed E-state index contributed by atoms with van der Waals surface area (Å²) in [7, 11) is -2.49. The number of methoxy groups -OCH3 is 1. The van der Waals surface area contributed by atoms with Crippen LogP contribution in [0.2, 0.25) is 0 Å². The molecule has 0 saturated carbocycles. The lowest BCUT2D eigenvalue weighted by Crippen LogP contribution is -2.42. The number of sulfonamides is 1. The smallest absolute Gasteiger partial charge is 0.255 e. The Balaban J connectivity index is 1.65. The van der Waals surface area contributed by atoms with E-state index in [1.807, 2.05) is 6.92 Å². The topological polar surface area (TPSA) is 119 Å². The van der Waals surface area contributed by atoms with Crippen LogP contribution in [-0.2, 0) is 10.0 Å². The van der Waals surface area contributed by atoms with Gasteiger partial charge in [-0.15, -0.1) is 5.10 Å². The summed E-state index contributed by atoms with van der Waals surface area (Å²) >= 11 is 0. The van der Waals surface area contributed by atoms with E-state index in [2.05, 4.69) is 20.8 Å². The van der Waals surface area contributed by atoms with Crippen molar-refractivity contribution in [1.29, 1.82) is 0 Å². The second-order valence-electron chi connectivity index (χ2n) is 8.08. The first kappa shape index (κ1) is 23.8. The van der Waals surface area contributed by atoms with Gasteiger partial charge in [0.05, 0.1) is 7.11 Å². The Hall–Kier alpha value is -3.38. The quantitative estimate of drug-likeness (QED) is 0.567. The maximum absolute atomic E-state index is 14.3. The van der Waals surface area contributed by atoms with Crippen LogP contribution in [0.4, 0.5) is 10.1 Å². The summed E-state index contributed by atoms with van der Waals surface area (Å²) in [4.78, 5) is 12.9. The van der Waals surface area contributed by atoms with Gasteiger partial charge in [-0.25, -0.2) is 12.8 Å². The van der Waals surface area contributed by atoms with Crippen molar-refractivity contribution in [3.63, 3.8) is 0 Å². The van der Waals surface area contributed by atoms with Crippen LogP contribution in [0, 0.1) is 12.7 Å². The number of hydrogen-bond acceptors (Lipinski definition) is 7. The zero-order valence-electron chi connectivity index (χ0n) is 19.0. The molecule has 1 aliphatic rings. The highest BCUT2D eigenvalue weighted by Gasteiger charge is 2.33.